The van der Waals surface area contributed by atoms with Crippen molar-refractivity contribution < 1.29 is 19.1 Å². The van der Waals surface area contributed by atoms with Gasteiger partial charge in [-0.1, -0.05) is 24.3 Å². The molecule has 0 aromatic heterocycles. The van der Waals surface area contributed by atoms with Crippen LogP contribution in [0.3, 0.4) is 0 Å². The van der Waals surface area contributed by atoms with Crippen molar-refractivity contribution in [2.75, 3.05) is 22.1 Å². The van der Waals surface area contributed by atoms with E-state index in [9.17, 15) is 9.59 Å². The number of carbonyl (C=O) groups is 2. The van der Waals surface area contributed by atoms with E-state index < -0.39 is 12.2 Å². The first-order chi connectivity index (χ1) is 15.6. The van der Waals surface area contributed by atoms with Gasteiger partial charge in [-0.3, -0.25) is 9.59 Å². The zero-order valence-corrected chi connectivity index (χ0v) is 18.4. The Hall–Kier alpha value is -3.10. The van der Waals surface area contributed by atoms with E-state index in [4.69, 9.17) is 9.47 Å². The lowest BCUT2D eigenvalue weighted by Gasteiger charge is -2.35. The molecular weight excluding hydrogens is 444 g/mol. The highest BCUT2D eigenvalue weighted by molar-refractivity contribution is 8.00. The molecule has 0 fully saturated rings. The summed E-state index contributed by atoms with van der Waals surface area (Å²) < 4.78 is 12.9. The van der Waals surface area contributed by atoms with Gasteiger partial charge in [0, 0.05) is 9.79 Å². The van der Waals surface area contributed by atoms with E-state index >= 15 is 0 Å². The van der Waals surface area contributed by atoms with E-state index in [-0.39, 0.29) is 11.8 Å². The van der Waals surface area contributed by atoms with Crippen molar-refractivity contribution >= 4 is 46.7 Å². The van der Waals surface area contributed by atoms with Crippen LogP contribution in [0.2, 0.25) is 0 Å². The van der Waals surface area contributed by atoms with Crippen LogP contribution in [0.5, 0.6) is 11.5 Å². The Morgan fingerprint density at radius 1 is 0.688 bits per heavy atom. The molecule has 0 radical (unpaired) electrons. The molecule has 160 valence electrons. The van der Waals surface area contributed by atoms with Crippen LogP contribution < -0.4 is 20.1 Å². The number of fused-ring (bicyclic) bond motifs is 3. The molecule has 3 aliphatic heterocycles. The average Bonchev–Trinajstić information content (AvgIpc) is 2.82. The van der Waals surface area contributed by atoms with Crippen molar-refractivity contribution in [3.05, 3.63) is 71.8 Å². The predicted molar refractivity (Wildman–Crippen MR) is 125 cm³/mol. The van der Waals surface area contributed by atoms with Crippen LogP contribution in [-0.2, 0) is 9.59 Å². The minimum absolute atomic E-state index is 0.00899. The molecule has 2 atom stereocenters. The maximum absolute atomic E-state index is 11.9. The summed E-state index contributed by atoms with van der Waals surface area (Å²) in [6, 6.07) is 19.6. The topological polar surface area (TPSA) is 76.7 Å². The number of amides is 2. The van der Waals surface area contributed by atoms with Gasteiger partial charge in [0.1, 0.15) is 0 Å². The summed E-state index contributed by atoms with van der Waals surface area (Å²) in [6.07, 6.45) is -0.854. The molecule has 2 unspecified atom stereocenters. The highest BCUT2D eigenvalue weighted by Crippen LogP contribution is 2.47. The minimum atomic E-state index is -0.427. The van der Waals surface area contributed by atoms with Crippen LogP contribution >= 0.6 is 23.5 Å². The molecule has 8 heteroatoms. The first-order valence-electron chi connectivity index (χ1n) is 10.2. The van der Waals surface area contributed by atoms with Gasteiger partial charge in [-0.15, -0.1) is 23.5 Å². The van der Waals surface area contributed by atoms with E-state index in [2.05, 4.69) is 10.6 Å². The summed E-state index contributed by atoms with van der Waals surface area (Å²) in [7, 11) is 0. The normalized spacial score (nSPS) is 21.1. The number of para-hydroxylation sites is 2. The summed E-state index contributed by atoms with van der Waals surface area (Å²) in [4.78, 5) is 25.9. The largest absolute Gasteiger partial charge is 0.478 e. The average molecular weight is 463 g/mol. The molecule has 0 spiro atoms. The summed E-state index contributed by atoms with van der Waals surface area (Å²) in [5.41, 5.74) is 3.39. The molecular formula is C24H18N2O4S2. The van der Waals surface area contributed by atoms with Gasteiger partial charge < -0.3 is 20.1 Å². The summed E-state index contributed by atoms with van der Waals surface area (Å²) >= 11 is 3.05. The minimum Gasteiger partial charge on any atom is -0.478 e. The number of benzene rings is 3. The second-order valence-corrected chi connectivity index (χ2v) is 9.74. The van der Waals surface area contributed by atoms with E-state index in [0.29, 0.717) is 23.0 Å². The number of thioether (sulfide) groups is 2. The molecule has 3 heterocycles. The lowest BCUT2D eigenvalue weighted by Crippen LogP contribution is -2.27. The number of ether oxygens (including phenoxy) is 2. The molecule has 3 aromatic rings. The maximum atomic E-state index is 11.9. The molecule has 0 bridgehead atoms. The molecule has 2 N–H and O–H groups in total. The van der Waals surface area contributed by atoms with Crippen molar-refractivity contribution in [2.45, 2.75) is 22.0 Å². The molecule has 2 amide bonds. The molecule has 0 aliphatic carbocycles. The SMILES string of the molecule is O=C1CSc2ccc(C3Oc4ccccc4OC3c3ccc4c(c3)NC(=O)CS4)cc2N1. The van der Waals surface area contributed by atoms with E-state index in [1.807, 2.05) is 60.7 Å². The smallest absolute Gasteiger partial charge is 0.234 e. The lowest BCUT2D eigenvalue weighted by molar-refractivity contribution is -0.114. The third-order valence-corrected chi connectivity index (χ3v) is 7.71. The zero-order chi connectivity index (χ0) is 21.7. The molecule has 0 saturated carbocycles. The predicted octanol–water partition coefficient (Wildman–Crippen LogP) is 5.03. The van der Waals surface area contributed by atoms with Gasteiger partial charge in [-0.25, -0.2) is 0 Å². The number of hydrogen-bond acceptors (Lipinski definition) is 6. The van der Waals surface area contributed by atoms with Crippen LogP contribution in [0.25, 0.3) is 0 Å². The Morgan fingerprint density at radius 2 is 1.16 bits per heavy atom. The van der Waals surface area contributed by atoms with Crippen LogP contribution in [0.15, 0.2) is 70.5 Å². The second kappa shape index (κ2) is 7.79. The molecule has 6 rings (SSSR count). The van der Waals surface area contributed by atoms with Gasteiger partial charge in [0.05, 0.1) is 22.9 Å². The first kappa shape index (κ1) is 19.6. The van der Waals surface area contributed by atoms with Crippen LogP contribution in [0, 0.1) is 0 Å². The van der Waals surface area contributed by atoms with Gasteiger partial charge in [0.2, 0.25) is 11.8 Å². The second-order valence-electron chi connectivity index (χ2n) is 7.71. The molecule has 0 saturated heterocycles. The molecule has 3 aromatic carbocycles. The van der Waals surface area contributed by atoms with Crippen LogP contribution in [-0.4, -0.2) is 23.3 Å². The number of hydrogen-bond donors (Lipinski definition) is 2. The Balaban J connectivity index is 1.42. The van der Waals surface area contributed by atoms with E-state index in [0.717, 1.165) is 32.3 Å². The molecule has 32 heavy (non-hydrogen) atoms. The van der Waals surface area contributed by atoms with E-state index in [1.165, 1.54) is 23.5 Å². The maximum Gasteiger partial charge on any atom is 0.234 e. The van der Waals surface area contributed by atoms with Gasteiger partial charge >= 0.3 is 0 Å². The number of carbonyl (C=O) groups excluding carboxylic acids is 2. The summed E-state index contributed by atoms with van der Waals surface area (Å²) in [5, 5.41) is 5.91. The van der Waals surface area contributed by atoms with Crippen molar-refractivity contribution in [1.29, 1.82) is 0 Å². The van der Waals surface area contributed by atoms with E-state index in [1.54, 1.807) is 0 Å². The Kier molecular flexibility index (Phi) is 4.77. The van der Waals surface area contributed by atoms with Gasteiger partial charge in [0.15, 0.2) is 23.7 Å². The number of rotatable bonds is 2. The zero-order valence-electron chi connectivity index (χ0n) is 16.8. The first-order valence-corrected chi connectivity index (χ1v) is 12.2. The van der Waals surface area contributed by atoms with Gasteiger partial charge in [-0.05, 0) is 47.5 Å². The third kappa shape index (κ3) is 3.49. The van der Waals surface area contributed by atoms with Crippen molar-refractivity contribution in [3.8, 4) is 11.5 Å². The summed E-state index contributed by atoms with van der Waals surface area (Å²) in [6.45, 7) is 0. The van der Waals surface area contributed by atoms with Crippen molar-refractivity contribution in [2.24, 2.45) is 0 Å². The fourth-order valence-electron chi connectivity index (χ4n) is 4.08. The quantitative estimate of drug-likeness (QED) is 0.556. The van der Waals surface area contributed by atoms with Crippen LogP contribution in [0.4, 0.5) is 11.4 Å². The summed E-state index contributed by atoms with van der Waals surface area (Å²) in [5.74, 6) is 2.17. The highest BCUT2D eigenvalue weighted by Gasteiger charge is 2.35. The Morgan fingerprint density at radius 3 is 1.62 bits per heavy atom. The Labute approximate surface area is 193 Å². The van der Waals surface area contributed by atoms with Gasteiger partial charge in [0.25, 0.3) is 0 Å². The number of anilines is 2. The fourth-order valence-corrected chi connectivity index (χ4v) is 5.66. The molecule has 3 aliphatic rings. The van der Waals surface area contributed by atoms with Crippen molar-refractivity contribution in [3.63, 3.8) is 0 Å². The standard InChI is InChI=1S/C24H18N2O4S2/c27-21-11-31-19-7-5-13(9-15(19)25-21)23-24(30-18-4-2-1-3-17(18)29-23)14-6-8-20-16(10-14)26-22(28)12-32-20/h1-10,23-24H,11-12H2,(H,25,27)(H,26,28). The number of nitrogens with one attached hydrogen (secondary N) is 2. The molecule has 6 nitrogen and oxygen atoms in total. The van der Waals surface area contributed by atoms with Gasteiger partial charge in [-0.2, -0.15) is 0 Å². The van der Waals surface area contributed by atoms with Crippen molar-refractivity contribution in [1.82, 2.24) is 0 Å². The van der Waals surface area contributed by atoms with Crippen LogP contribution in [0.1, 0.15) is 23.3 Å². The third-order valence-electron chi connectivity index (χ3n) is 5.56. The lowest BCUT2D eigenvalue weighted by atomic mass is 9.95. The monoisotopic (exact) mass is 462 g/mol. The highest BCUT2D eigenvalue weighted by atomic mass is 32.2. The Bertz CT molecular complexity index is 1170. The fraction of sp³-hybridized carbons (Fsp3) is 0.167.